The molecule has 0 saturated carbocycles. The van der Waals surface area contributed by atoms with Gasteiger partial charge in [0.1, 0.15) is 6.29 Å². The minimum Gasteiger partial charge on any atom is -0.388 e. The van der Waals surface area contributed by atoms with Gasteiger partial charge < -0.3 is 9.53 Å². The summed E-state index contributed by atoms with van der Waals surface area (Å²) in [5, 5.41) is 0. The van der Waals surface area contributed by atoms with Gasteiger partial charge >= 0.3 is 0 Å². The summed E-state index contributed by atoms with van der Waals surface area (Å²) in [5.74, 6) is 0.214. The predicted octanol–water partition coefficient (Wildman–Crippen LogP) is 2.92. The second kappa shape index (κ2) is 8.08. The summed E-state index contributed by atoms with van der Waals surface area (Å²) in [4.78, 5) is 13.3. The lowest BCUT2D eigenvalue weighted by molar-refractivity contribution is -0.111. The Morgan fingerprint density at radius 3 is 2.37 bits per heavy atom. The van der Waals surface area contributed by atoms with Gasteiger partial charge in [-0.05, 0) is 32.4 Å². The quantitative estimate of drug-likeness (QED) is 0.785. The summed E-state index contributed by atoms with van der Waals surface area (Å²) < 4.78 is 4.25. The van der Waals surface area contributed by atoms with E-state index in [0.717, 1.165) is 19.3 Å². The molecule has 1 saturated heterocycles. The maximum absolute atomic E-state index is 10.9. The van der Waals surface area contributed by atoms with Crippen molar-refractivity contribution < 1.29 is 9.53 Å². The van der Waals surface area contributed by atoms with Gasteiger partial charge in [-0.1, -0.05) is 30.3 Å². The fourth-order valence-electron chi connectivity index (χ4n) is 2.64. The van der Waals surface area contributed by atoms with E-state index in [1.165, 1.54) is 5.56 Å². The van der Waals surface area contributed by atoms with Crippen molar-refractivity contribution in [2.24, 2.45) is 5.92 Å². The number of likely N-dealkylation sites (tertiary alicyclic amines) is 1. The number of ether oxygens (including phenoxy) is 1. The van der Waals surface area contributed by atoms with Gasteiger partial charge in [0.15, 0.2) is 0 Å². The van der Waals surface area contributed by atoms with Crippen LogP contribution in [0.1, 0.15) is 31.9 Å². The first-order chi connectivity index (χ1) is 9.15. The van der Waals surface area contributed by atoms with Crippen LogP contribution in [0.25, 0.3) is 0 Å². The molecule has 1 aliphatic rings. The molecule has 0 bridgehead atoms. The smallest absolute Gasteiger partial charge is 0.124 e. The molecule has 1 aromatic rings. The normalized spacial score (nSPS) is 24.4. The maximum atomic E-state index is 10.9. The number of benzene rings is 1. The Morgan fingerprint density at radius 2 is 1.89 bits per heavy atom. The number of rotatable bonds is 3. The molecule has 0 amide bonds. The number of nitrogens with zero attached hydrogens (tertiary/aromatic N) is 1. The Kier molecular flexibility index (Phi) is 6.74. The number of aldehydes is 1. The maximum Gasteiger partial charge on any atom is 0.124 e. The molecule has 3 unspecified atom stereocenters. The summed E-state index contributed by atoms with van der Waals surface area (Å²) in [6.07, 6.45) is 2.12. The van der Waals surface area contributed by atoms with Crippen molar-refractivity contribution in [1.29, 1.82) is 0 Å². The zero-order chi connectivity index (χ0) is 14.3. The van der Waals surface area contributed by atoms with Crippen LogP contribution in [0.4, 0.5) is 0 Å². The first-order valence-electron chi connectivity index (χ1n) is 6.81. The average molecular weight is 263 g/mol. The van der Waals surface area contributed by atoms with E-state index in [0.29, 0.717) is 12.1 Å². The van der Waals surface area contributed by atoms with E-state index in [-0.39, 0.29) is 5.92 Å². The molecule has 0 aromatic heterocycles. The van der Waals surface area contributed by atoms with Crippen LogP contribution in [-0.2, 0) is 9.53 Å². The van der Waals surface area contributed by atoms with Gasteiger partial charge in [0, 0.05) is 32.2 Å². The lowest BCUT2D eigenvalue weighted by Crippen LogP contribution is -2.32. The lowest BCUT2D eigenvalue weighted by atomic mass is 10.0. The molecule has 0 N–H and O–H groups in total. The Balaban J connectivity index is 0.000000550. The van der Waals surface area contributed by atoms with Crippen LogP contribution in [0.15, 0.2) is 30.3 Å². The Labute approximate surface area is 116 Å². The van der Waals surface area contributed by atoms with Gasteiger partial charge in [-0.25, -0.2) is 0 Å². The molecule has 2 rings (SSSR count). The molecular formula is C16H25NO2. The van der Waals surface area contributed by atoms with E-state index < -0.39 is 0 Å². The van der Waals surface area contributed by atoms with Crippen molar-refractivity contribution in [2.75, 3.05) is 20.8 Å². The van der Waals surface area contributed by atoms with E-state index in [1.54, 1.807) is 14.2 Å². The van der Waals surface area contributed by atoms with E-state index in [2.05, 4.69) is 47.7 Å². The number of carbonyl (C=O) groups is 1. The van der Waals surface area contributed by atoms with E-state index in [4.69, 9.17) is 0 Å². The van der Waals surface area contributed by atoms with Gasteiger partial charge in [-0.15, -0.1) is 0 Å². The third-order valence-electron chi connectivity index (χ3n) is 3.82. The van der Waals surface area contributed by atoms with Crippen LogP contribution in [0, 0.1) is 5.92 Å². The van der Waals surface area contributed by atoms with Crippen molar-refractivity contribution in [2.45, 2.75) is 32.4 Å². The summed E-state index contributed by atoms with van der Waals surface area (Å²) in [6, 6.07) is 11.3. The SMILES string of the molecule is CC(c1ccccc1)N1CCC(C=O)C1C.COC. The molecule has 0 radical (unpaired) electrons. The molecular weight excluding hydrogens is 238 g/mol. The lowest BCUT2D eigenvalue weighted by Gasteiger charge is -2.29. The Hall–Kier alpha value is -1.19. The molecule has 3 nitrogen and oxygen atoms in total. The summed E-state index contributed by atoms with van der Waals surface area (Å²) in [7, 11) is 3.25. The van der Waals surface area contributed by atoms with Crippen molar-refractivity contribution in [3.05, 3.63) is 35.9 Å². The summed E-state index contributed by atoms with van der Waals surface area (Å²) in [6.45, 7) is 5.41. The molecule has 1 fully saturated rings. The van der Waals surface area contributed by atoms with Crippen LogP contribution < -0.4 is 0 Å². The van der Waals surface area contributed by atoms with E-state index in [1.807, 2.05) is 6.07 Å². The zero-order valence-electron chi connectivity index (χ0n) is 12.4. The van der Waals surface area contributed by atoms with Crippen LogP contribution in [0.3, 0.4) is 0 Å². The van der Waals surface area contributed by atoms with E-state index in [9.17, 15) is 4.79 Å². The van der Waals surface area contributed by atoms with Crippen molar-refractivity contribution in [3.63, 3.8) is 0 Å². The van der Waals surface area contributed by atoms with Gasteiger partial charge in [-0.3, -0.25) is 4.90 Å². The molecule has 3 heteroatoms. The molecule has 0 spiro atoms. The highest BCUT2D eigenvalue weighted by molar-refractivity contribution is 5.55. The predicted molar refractivity (Wildman–Crippen MR) is 78.1 cm³/mol. The summed E-state index contributed by atoms with van der Waals surface area (Å²) in [5.41, 5.74) is 1.33. The number of methoxy groups -OCH3 is 1. The fraction of sp³-hybridized carbons (Fsp3) is 0.562. The minimum atomic E-state index is 0.214. The van der Waals surface area contributed by atoms with Gasteiger partial charge in [0.2, 0.25) is 0 Å². The molecule has 3 atom stereocenters. The fourth-order valence-corrected chi connectivity index (χ4v) is 2.64. The zero-order valence-corrected chi connectivity index (χ0v) is 12.4. The molecule has 1 aromatic carbocycles. The highest BCUT2D eigenvalue weighted by Crippen LogP contribution is 2.31. The summed E-state index contributed by atoms with van der Waals surface area (Å²) >= 11 is 0. The number of carbonyl (C=O) groups excluding carboxylic acids is 1. The minimum absolute atomic E-state index is 0.214. The first kappa shape index (κ1) is 15.9. The second-order valence-corrected chi connectivity index (χ2v) is 5.06. The van der Waals surface area contributed by atoms with Crippen molar-refractivity contribution >= 4 is 6.29 Å². The van der Waals surface area contributed by atoms with Crippen LogP contribution >= 0.6 is 0 Å². The number of hydrogen-bond donors (Lipinski definition) is 0. The highest BCUT2D eigenvalue weighted by Gasteiger charge is 2.33. The van der Waals surface area contributed by atoms with Gasteiger partial charge in [0.25, 0.3) is 0 Å². The Morgan fingerprint density at radius 1 is 1.32 bits per heavy atom. The van der Waals surface area contributed by atoms with Crippen molar-refractivity contribution in [3.8, 4) is 0 Å². The third-order valence-corrected chi connectivity index (χ3v) is 3.82. The molecule has 1 heterocycles. The molecule has 0 aliphatic carbocycles. The van der Waals surface area contributed by atoms with E-state index >= 15 is 0 Å². The third kappa shape index (κ3) is 4.15. The highest BCUT2D eigenvalue weighted by atomic mass is 16.4. The number of hydrogen-bond acceptors (Lipinski definition) is 3. The van der Waals surface area contributed by atoms with Crippen LogP contribution in [0.5, 0.6) is 0 Å². The average Bonchev–Trinajstić information content (AvgIpc) is 2.81. The van der Waals surface area contributed by atoms with Crippen molar-refractivity contribution in [1.82, 2.24) is 4.90 Å². The second-order valence-electron chi connectivity index (χ2n) is 5.06. The van der Waals surface area contributed by atoms with Crippen LogP contribution in [-0.4, -0.2) is 38.0 Å². The Bertz CT molecular complexity index is 366. The largest absolute Gasteiger partial charge is 0.388 e. The standard InChI is InChI=1S/C14H19NO.C2H6O/c1-11(13-6-4-3-5-7-13)15-9-8-14(10-16)12(15)2;1-3-2/h3-7,10-12,14H,8-9H2,1-2H3;1-2H3. The van der Waals surface area contributed by atoms with Gasteiger partial charge in [0.05, 0.1) is 0 Å². The topological polar surface area (TPSA) is 29.5 Å². The molecule has 1 aliphatic heterocycles. The molecule has 19 heavy (non-hydrogen) atoms. The molecule has 106 valence electrons. The monoisotopic (exact) mass is 263 g/mol. The van der Waals surface area contributed by atoms with Crippen LogP contribution in [0.2, 0.25) is 0 Å². The first-order valence-corrected chi connectivity index (χ1v) is 6.81. The van der Waals surface area contributed by atoms with Gasteiger partial charge in [-0.2, -0.15) is 0 Å².